The van der Waals surface area contributed by atoms with Crippen molar-refractivity contribution in [3.63, 3.8) is 0 Å². The van der Waals surface area contributed by atoms with Gasteiger partial charge < -0.3 is 28.8 Å². The fraction of sp³-hybridized carbons (Fsp3) is 0.652. The number of ether oxygens (including phenoxy) is 5. The van der Waals surface area contributed by atoms with Crippen molar-refractivity contribution in [2.24, 2.45) is 5.92 Å². The van der Waals surface area contributed by atoms with Gasteiger partial charge in [-0.1, -0.05) is 31.9 Å². The Morgan fingerprint density at radius 3 is 2.74 bits per heavy atom. The van der Waals surface area contributed by atoms with Gasteiger partial charge in [-0.15, -0.1) is 0 Å². The fourth-order valence-corrected chi connectivity index (χ4v) is 4.87. The number of benzene rings is 1. The quantitative estimate of drug-likeness (QED) is 0.466. The first-order chi connectivity index (χ1) is 14.9. The van der Waals surface area contributed by atoms with Crippen molar-refractivity contribution in [3.8, 4) is 5.75 Å². The molecule has 0 saturated carbocycles. The molecule has 3 aliphatic heterocycles. The Bertz CT molecular complexity index is 808. The minimum absolute atomic E-state index is 0.00282. The zero-order chi connectivity index (χ0) is 22.1. The summed E-state index contributed by atoms with van der Waals surface area (Å²) in [6, 6.07) is 7.50. The van der Waals surface area contributed by atoms with Gasteiger partial charge in [-0.2, -0.15) is 0 Å². The summed E-state index contributed by atoms with van der Waals surface area (Å²) in [6.45, 7) is 2.17. The van der Waals surface area contributed by atoms with Crippen LogP contribution in [0.15, 0.2) is 24.3 Å². The van der Waals surface area contributed by atoms with Crippen LogP contribution < -0.4 is 4.74 Å². The maximum absolute atomic E-state index is 12.5. The first-order valence-electron chi connectivity index (χ1n) is 10.9. The van der Waals surface area contributed by atoms with Gasteiger partial charge in [0.05, 0.1) is 13.7 Å². The third-order valence-electron chi connectivity index (χ3n) is 6.48. The van der Waals surface area contributed by atoms with Crippen molar-refractivity contribution in [1.82, 2.24) is 0 Å². The molecule has 170 valence electrons. The summed E-state index contributed by atoms with van der Waals surface area (Å²) < 4.78 is 28.0. The maximum atomic E-state index is 12.5. The molecule has 8 heteroatoms. The Hall–Kier alpha value is -2.16. The summed E-state index contributed by atoms with van der Waals surface area (Å²) in [5, 5.41) is 11.2. The van der Waals surface area contributed by atoms with Crippen molar-refractivity contribution < 1.29 is 38.4 Å². The molecule has 3 fully saturated rings. The summed E-state index contributed by atoms with van der Waals surface area (Å²) in [5.41, 5.74) is -0.104. The Morgan fingerprint density at radius 2 is 2.03 bits per heavy atom. The van der Waals surface area contributed by atoms with Crippen LogP contribution in [0.3, 0.4) is 0 Å². The number of unbranched alkanes of at least 4 members (excludes halogenated alkanes) is 2. The molecule has 0 aliphatic carbocycles. The lowest BCUT2D eigenvalue weighted by Gasteiger charge is -2.28. The van der Waals surface area contributed by atoms with Crippen molar-refractivity contribution >= 4 is 11.9 Å². The van der Waals surface area contributed by atoms with Gasteiger partial charge in [0.1, 0.15) is 24.4 Å². The van der Waals surface area contributed by atoms with Crippen molar-refractivity contribution in [2.45, 2.75) is 69.0 Å². The molecule has 0 bridgehead atoms. The second-order valence-corrected chi connectivity index (χ2v) is 8.52. The molecule has 1 aromatic carbocycles. The van der Waals surface area contributed by atoms with E-state index in [-0.39, 0.29) is 25.6 Å². The first kappa shape index (κ1) is 22.0. The molecule has 0 amide bonds. The minimum atomic E-state index is -1.67. The van der Waals surface area contributed by atoms with Gasteiger partial charge in [0.2, 0.25) is 0 Å². The number of methoxy groups -OCH3 is 1. The Labute approximate surface area is 181 Å². The lowest BCUT2D eigenvalue weighted by atomic mass is 9.81. The lowest BCUT2D eigenvalue weighted by Crippen LogP contribution is -2.47. The Morgan fingerprint density at radius 1 is 1.26 bits per heavy atom. The van der Waals surface area contributed by atoms with Crippen LogP contribution in [0.4, 0.5) is 0 Å². The predicted molar refractivity (Wildman–Crippen MR) is 108 cm³/mol. The lowest BCUT2D eigenvalue weighted by molar-refractivity contribution is -0.234. The summed E-state index contributed by atoms with van der Waals surface area (Å²) in [6.07, 6.45) is 2.20. The molecule has 3 aliphatic rings. The van der Waals surface area contributed by atoms with Gasteiger partial charge in [-0.3, -0.25) is 9.59 Å². The third kappa shape index (κ3) is 4.04. The van der Waals surface area contributed by atoms with Crippen molar-refractivity contribution in [1.29, 1.82) is 0 Å². The van der Waals surface area contributed by atoms with E-state index in [1.165, 1.54) is 0 Å². The van der Waals surface area contributed by atoms with Crippen LogP contribution in [-0.2, 0) is 35.0 Å². The standard InChI is InChI=1S/C23H30O8/c1-3-4-5-12-23(26)19-21(25)28-14-22(19)20(31-23)17(13-29-22)30-18(24)11-8-15-6-9-16(27-2)10-7-15/h6-7,9-10,17,19-20,26H,3-5,8,11-14H2,1-2H3/t17-,19+,20+,22+,23-/m1/s1. The highest BCUT2D eigenvalue weighted by molar-refractivity contribution is 5.79. The van der Waals surface area contributed by atoms with Gasteiger partial charge >= 0.3 is 11.9 Å². The summed E-state index contributed by atoms with van der Waals surface area (Å²) >= 11 is 0. The van der Waals surface area contributed by atoms with Gasteiger partial charge in [-0.25, -0.2) is 0 Å². The number of carbonyl (C=O) groups is 2. The van der Waals surface area contributed by atoms with Crippen LogP contribution in [-0.4, -0.2) is 61.0 Å². The zero-order valence-corrected chi connectivity index (χ0v) is 18.0. The van der Waals surface area contributed by atoms with Gasteiger partial charge in [0, 0.05) is 12.8 Å². The number of esters is 2. The summed E-state index contributed by atoms with van der Waals surface area (Å²) in [7, 11) is 1.60. The van der Waals surface area contributed by atoms with Gasteiger partial charge in [0.15, 0.2) is 17.5 Å². The van der Waals surface area contributed by atoms with Crippen LogP contribution in [0.5, 0.6) is 5.75 Å². The molecular weight excluding hydrogens is 404 g/mol. The average Bonchev–Trinajstić information content (AvgIpc) is 3.36. The molecule has 0 unspecified atom stereocenters. The molecule has 31 heavy (non-hydrogen) atoms. The molecule has 1 spiro atoms. The highest BCUT2D eigenvalue weighted by atomic mass is 16.7. The fourth-order valence-electron chi connectivity index (χ4n) is 4.87. The van der Waals surface area contributed by atoms with E-state index in [9.17, 15) is 14.7 Å². The van der Waals surface area contributed by atoms with Crippen LogP contribution in [0.2, 0.25) is 0 Å². The molecule has 3 saturated heterocycles. The number of aliphatic hydroxyl groups is 1. The third-order valence-corrected chi connectivity index (χ3v) is 6.48. The summed E-state index contributed by atoms with van der Waals surface area (Å²) in [5.74, 6) is -2.74. The molecule has 3 heterocycles. The zero-order valence-electron chi connectivity index (χ0n) is 18.0. The van der Waals surface area contributed by atoms with Gasteiger partial charge in [-0.05, 0) is 30.5 Å². The number of cyclic esters (lactones) is 1. The van der Waals surface area contributed by atoms with E-state index in [0.29, 0.717) is 19.3 Å². The molecular formula is C23H30O8. The van der Waals surface area contributed by atoms with E-state index in [4.69, 9.17) is 23.7 Å². The van der Waals surface area contributed by atoms with E-state index in [1.54, 1.807) is 7.11 Å². The maximum Gasteiger partial charge on any atom is 0.317 e. The van der Waals surface area contributed by atoms with Crippen LogP contribution in [0.25, 0.3) is 0 Å². The SMILES string of the molecule is CCCCC[C@@]1(O)O[C@H]2[C@H](OC(=O)CCc3ccc(OC)cc3)CO[C@]23COC(=O)[C@@H]31. The van der Waals surface area contributed by atoms with E-state index >= 15 is 0 Å². The second kappa shape index (κ2) is 8.76. The Balaban J connectivity index is 1.39. The number of aryl methyl sites for hydroxylation is 1. The molecule has 1 N–H and O–H groups in total. The molecule has 0 aromatic heterocycles. The molecule has 5 atom stereocenters. The highest BCUT2D eigenvalue weighted by Crippen LogP contribution is 2.54. The molecule has 1 aromatic rings. The predicted octanol–water partition coefficient (Wildman–Crippen LogP) is 2.15. The van der Waals surface area contributed by atoms with Crippen LogP contribution in [0.1, 0.15) is 44.6 Å². The Kier molecular flexibility index (Phi) is 6.23. The second-order valence-electron chi connectivity index (χ2n) is 8.52. The normalized spacial score (nSPS) is 33.6. The van der Waals surface area contributed by atoms with E-state index < -0.39 is 35.5 Å². The molecule has 8 nitrogen and oxygen atoms in total. The van der Waals surface area contributed by atoms with Crippen LogP contribution in [0, 0.1) is 5.92 Å². The number of hydrogen-bond acceptors (Lipinski definition) is 8. The number of rotatable bonds is 9. The monoisotopic (exact) mass is 434 g/mol. The minimum Gasteiger partial charge on any atom is -0.497 e. The average molecular weight is 434 g/mol. The smallest absolute Gasteiger partial charge is 0.317 e. The number of carbonyl (C=O) groups excluding carboxylic acids is 2. The molecule has 0 radical (unpaired) electrons. The largest absolute Gasteiger partial charge is 0.497 e. The van der Waals surface area contributed by atoms with Gasteiger partial charge in [0.25, 0.3) is 0 Å². The van der Waals surface area contributed by atoms with Crippen molar-refractivity contribution in [3.05, 3.63) is 29.8 Å². The topological polar surface area (TPSA) is 101 Å². The van der Waals surface area contributed by atoms with E-state index in [2.05, 4.69) is 6.92 Å². The van der Waals surface area contributed by atoms with Crippen molar-refractivity contribution in [2.75, 3.05) is 20.3 Å². The number of hydrogen-bond donors (Lipinski definition) is 1. The summed E-state index contributed by atoms with van der Waals surface area (Å²) in [4.78, 5) is 24.9. The van der Waals surface area contributed by atoms with Crippen LogP contribution >= 0.6 is 0 Å². The molecule has 4 rings (SSSR count). The van der Waals surface area contributed by atoms with E-state index in [1.807, 2.05) is 24.3 Å². The first-order valence-corrected chi connectivity index (χ1v) is 10.9. The highest BCUT2D eigenvalue weighted by Gasteiger charge is 2.75. The van der Waals surface area contributed by atoms with E-state index in [0.717, 1.165) is 24.2 Å².